The third-order valence-electron chi connectivity index (χ3n) is 1.30. The fourth-order valence-corrected chi connectivity index (χ4v) is 0.258. The van der Waals surface area contributed by atoms with E-state index in [0.717, 1.165) is 6.42 Å². The van der Waals surface area contributed by atoms with E-state index in [9.17, 15) is 0 Å². The summed E-state index contributed by atoms with van der Waals surface area (Å²) in [5, 5.41) is 0. The standard InChI is InChI=1S/C6H14N/c1-5-6(2)7(3)4/h6H,1,5H2,2-4H3. The molecule has 0 amide bonds. The largest absolute Gasteiger partial charge is 0.307 e. The summed E-state index contributed by atoms with van der Waals surface area (Å²) in [6.07, 6.45) is 0.993. The maximum Gasteiger partial charge on any atom is 0.00608 e. The number of hydrogen-bond acceptors (Lipinski definition) is 1. The van der Waals surface area contributed by atoms with Crippen molar-refractivity contribution in [2.45, 2.75) is 19.4 Å². The maximum absolute atomic E-state index is 3.77. The van der Waals surface area contributed by atoms with E-state index in [1.807, 2.05) is 0 Å². The van der Waals surface area contributed by atoms with Gasteiger partial charge in [-0.3, -0.25) is 0 Å². The number of rotatable bonds is 2. The summed E-state index contributed by atoms with van der Waals surface area (Å²) < 4.78 is 0. The monoisotopic (exact) mass is 100 g/mol. The quantitative estimate of drug-likeness (QED) is 0.503. The van der Waals surface area contributed by atoms with Gasteiger partial charge < -0.3 is 4.90 Å². The van der Waals surface area contributed by atoms with E-state index in [0.29, 0.717) is 6.04 Å². The Hall–Kier alpha value is -0.0400. The topological polar surface area (TPSA) is 3.24 Å². The molecule has 0 aromatic carbocycles. The summed E-state index contributed by atoms with van der Waals surface area (Å²) in [6.45, 7) is 5.92. The molecule has 0 spiro atoms. The molecule has 1 nitrogen and oxygen atoms in total. The number of hydrogen-bond donors (Lipinski definition) is 0. The van der Waals surface area contributed by atoms with Gasteiger partial charge >= 0.3 is 0 Å². The lowest BCUT2D eigenvalue weighted by Crippen LogP contribution is -2.23. The van der Waals surface area contributed by atoms with Gasteiger partial charge in [-0.1, -0.05) is 6.92 Å². The van der Waals surface area contributed by atoms with Crippen LogP contribution in [0.4, 0.5) is 0 Å². The third kappa shape index (κ3) is 2.63. The lowest BCUT2D eigenvalue weighted by atomic mass is 10.2. The van der Waals surface area contributed by atoms with E-state index in [4.69, 9.17) is 0 Å². The summed E-state index contributed by atoms with van der Waals surface area (Å²) in [5.74, 6) is 0. The molecule has 1 heteroatoms. The Bertz CT molecular complexity index is 41.4. The minimum absolute atomic E-state index is 0.625. The van der Waals surface area contributed by atoms with Gasteiger partial charge in [0.1, 0.15) is 0 Å². The fraction of sp³-hybridized carbons (Fsp3) is 0.833. The molecule has 0 bridgehead atoms. The Balaban J connectivity index is 3.14. The van der Waals surface area contributed by atoms with Crippen molar-refractivity contribution < 1.29 is 0 Å². The van der Waals surface area contributed by atoms with Crippen LogP contribution in [0, 0.1) is 6.92 Å². The minimum Gasteiger partial charge on any atom is -0.307 e. The predicted molar refractivity (Wildman–Crippen MR) is 33.1 cm³/mol. The molecule has 0 saturated heterocycles. The predicted octanol–water partition coefficient (Wildman–Crippen LogP) is 1.16. The number of nitrogens with zero attached hydrogens (tertiary/aromatic N) is 1. The molecular weight excluding hydrogens is 86.1 g/mol. The van der Waals surface area contributed by atoms with Gasteiger partial charge in [0.25, 0.3) is 0 Å². The van der Waals surface area contributed by atoms with E-state index in [1.165, 1.54) is 0 Å². The third-order valence-corrected chi connectivity index (χ3v) is 1.30. The summed E-state index contributed by atoms with van der Waals surface area (Å²) in [6, 6.07) is 0.625. The van der Waals surface area contributed by atoms with Crippen LogP contribution in [0.15, 0.2) is 0 Å². The first kappa shape index (κ1) is 6.96. The highest BCUT2D eigenvalue weighted by Gasteiger charge is 1.97. The first-order chi connectivity index (χ1) is 3.18. The van der Waals surface area contributed by atoms with Crippen molar-refractivity contribution in [3.05, 3.63) is 6.92 Å². The van der Waals surface area contributed by atoms with Crippen molar-refractivity contribution in [1.82, 2.24) is 4.90 Å². The first-order valence-corrected chi connectivity index (χ1v) is 2.64. The van der Waals surface area contributed by atoms with Crippen LogP contribution in [0.2, 0.25) is 0 Å². The van der Waals surface area contributed by atoms with Crippen molar-refractivity contribution in [3.63, 3.8) is 0 Å². The summed E-state index contributed by atoms with van der Waals surface area (Å²) in [5.41, 5.74) is 0. The van der Waals surface area contributed by atoms with Gasteiger partial charge in [0.2, 0.25) is 0 Å². The molecule has 0 aliphatic rings. The molecule has 0 saturated carbocycles. The van der Waals surface area contributed by atoms with Gasteiger partial charge in [-0.15, -0.1) is 0 Å². The fourth-order valence-electron chi connectivity index (χ4n) is 0.258. The van der Waals surface area contributed by atoms with E-state index < -0.39 is 0 Å². The first-order valence-electron chi connectivity index (χ1n) is 2.64. The van der Waals surface area contributed by atoms with E-state index in [1.54, 1.807) is 0 Å². The molecule has 0 aromatic rings. The average Bonchev–Trinajstić information content (AvgIpc) is 1.65. The second kappa shape index (κ2) is 3.03. The van der Waals surface area contributed by atoms with E-state index in [-0.39, 0.29) is 0 Å². The molecular formula is C6H14N. The van der Waals surface area contributed by atoms with E-state index >= 15 is 0 Å². The maximum atomic E-state index is 3.77. The Morgan fingerprint density at radius 2 is 2.00 bits per heavy atom. The van der Waals surface area contributed by atoms with Crippen LogP contribution >= 0.6 is 0 Å². The molecule has 0 rings (SSSR count). The van der Waals surface area contributed by atoms with Gasteiger partial charge in [-0.25, -0.2) is 0 Å². The smallest absolute Gasteiger partial charge is 0.00608 e. The molecule has 0 fully saturated rings. The van der Waals surface area contributed by atoms with Gasteiger partial charge in [-0.2, -0.15) is 0 Å². The van der Waals surface area contributed by atoms with Crippen LogP contribution in [-0.4, -0.2) is 25.0 Å². The lowest BCUT2D eigenvalue weighted by Gasteiger charge is -2.16. The minimum atomic E-state index is 0.625. The van der Waals surface area contributed by atoms with Crippen molar-refractivity contribution >= 4 is 0 Å². The zero-order chi connectivity index (χ0) is 5.86. The average molecular weight is 100 g/mol. The van der Waals surface area contributed by atoms with Crippen LogP contribution in [0.5, 0.6) is 0 Å². The highest BCUT2D eigenvalue weighted by Crippen LogP contribution is 1.93. The Morgan fingerprint density at radius 3 is 2.00 bits per heavy atom. The summed E-state index contributed by atoms with van der Waals surface area (Å²) in [4.78, 5) is 2.16. The molecule has 1 atom stereocenters. The lowest BCUT2D eigenvalue weighted by molar-refractivity contribution is 0.315. The molecule has 0 N–H and O–H groups in total. The summed E-state index contributed by atoms with van der Waals surface area (Å²) in [7, 11) is 4.13. The van der Waals surface area contributed by atoms with Crippen LogP contribution in [-0.2, 0) is 0 Å². The Morgan fingerprint density at radius 1 is 1.57 bits per heavy atom. The SMILES string of the molecule is [CH2]CC(C)N(C)C. The van der Waals surface area contributed by atoms with Crippen molar-refractivity contribution in [1.29, 1.82) is 0 Å². The van der Waals surface area contributed by atoms with Crippen molar-refractivity contribution in [2.75, 3.05) is 14.1 Å². The summed E-state index contributed by atoms with van der Waals surface area (Å²) >= 11 is 0. The van der Waals surface area contributed by atoms with Crippen LogP contribution in [0.1, 0.15) is 13.3 Å². The second-order valence-corrected chi connectivity index (χ2v) is 2.10. The Kier molecular flexibility index (Phi) is 3.01. The van der Waals surface area contributed by atoms with Gasteiger partial charge in [0.05, 0.1) is 0 Å². The Labute approximate surface area is 46.3 Å². The molecule has 0 heterocycles. The van der Waals surface area contributed by atoms with Crippen LogP contribution in [0.3, 0.4) is 0 Å². The molecule has 7 heavy (non-hydrogen) atoms. The van der Waals surface area contributed by atoms with Crippen molar-refractivity contribution in [3.8, 4) is 0 Å². The van der Waals surface area contributed by atoms with Crippen molar-refractivity contribution in [2.24, 2.45) is 0 Å². The van der Waals surface area contributed by atoms with Crippen LogP contribution < -0.4 is 0 Å². The highest BCUT2D eigenvalue weighted by atomic mass is 15.1. The highest BCUT2D eigenvalue weighted by molar-refractivity contribution is 4.58. The molecule has 0 aromatic heterocycles. The molecule has 43 valence electrons. The molecule has 0 aliphatic carbocycles. The molecule has 1 radical (unpaired) electrons. The normalized spacial score (nSPS) is 15.0. The van der Waals surface area contributed by atoms with Gasteiger partial charge in [0, 0.05) is 6.04 Å². The zero-order valence-electron chi connectivity index (χ0n) is 5.44. The van der Waals surface area contributed by atoms with E-state index in [2.05, 4.69) is 32.8 Å². The second-order valence-electron chi connectivity index (χ2n) is 2.10. The molecule has 0 aliphatic heterocycles. The van der Waals surface area contributed by atoms with Gasteiger partial charge in [-0.05, 0) is 27.4 Å². The molecule has 1 unspecified atom stereocenters. The van der Waals surface area contributed by atoms with Gasteiger partial charge in [0.15, 0.2) is 0 Å². The zero-order valence-corrected chi connectivity index (χ0v) is 5.44. The van der Waals surface area contributed by atoms with Crippen LogP contribution in [0.25, 0.3) is 0 Å².